The first kappa shape index (κ1) is 23.9. The van der Waals surface area contributed by atoms with Crippen LogP contribution in [-0.4, -0.2) is 30.9 Å². The van der Waals surface area contributed by atoms with Gasteiger partial charge in [-0.1, -0.05) is 35.9 Å². The minimum absolute atomic E-state index is 0.0355. The molecule has 178 valence electrons. The molecule has 0 unspecified atom stereocenters. The first-order valence-electron chi connectivity index (χ1n) is 10.7. The molecule has 10 heteroatoms. The number of nitrogens with one attached hydrogen (secondary N) is 1. The first-order chi connectivity index (χ1) is 16.7. The van der Waals surface area contributed by atoms with Gasteiger partial charge in [-0.25, -0.2) is 4.79 Å². The zero-order valence-electron chi connectivity index (χ0n) is 18.9. The summed E-state index contributed by atoms with van der Waals surface area (Å²) in [5, 5.41) is 13.2. The summed E-state index contributed by atoms with van der Waals surface area (Å²) in [7, 11) is 0. The predicted octanol–water partition coefficient (Wildman–Crippen LogP) is 3.12. The SMILES string of the molecule is CCOC(=O)C1=C(C)OC(N)=C(C#N)[C@@]12C(=O)N(CC(=O)Nc1cccc(Cl)c1)c1ccccc12. The second-order valence-corrected chi connectivity index (χ2v) is 8.26. The maximum absolute atomic E-state index is 14.1. The third-order valence-electron chi connectivity index (χ3n) is 5.78. The van der Waals surface area contributed by atoms with Gasteiger partial charge in [-0.15, -0.1) is 0 Å². The van der Waals surface area contributed by atoms with Gasteiger partial charge in [0.25, 0.3) is 0 Å². The number of halogens is 1. The lowest BCUT2D eigenvalue weighted by Gasteiger charge is -2.34. The van der Waals surface area contributed by atoms with E-state index in [4.69, 9.17) is 26.8 Å². The van der Waals surface area contributed by atoms with Crippen LogP contribution in [0.4, 0.5) is 11.4 Å². The second kappa shape index (κ2) is 9.16. The van der Waals surface area contributed by atoms with Crippen LogP contribution in [-0.2, 0) is 29.3 Å². The van der Waals surface area contributed by atoms with Gasteiger partial charge in [0.05, 0.1) is 6.61 Å². The number of nitrogens with zero attached hydrogens (tertiary/aromatic N) is 2. The number of hydrogen-bond donors (Lipinski definition) is 2. The van der Waals surface area contributed by atoms with Gasteiger partial charge in [0, 0.05) is 22.0 Å². The molecule has 0 saturated heterocycles. The number of carbonyl (C=O) groups is 3. The molecule has 2 aliphatic rings. The highest BCUT2D eigenvalue weighted by molar-refractivity contribution is 6.31. The van der Waals surface area contributed by atoms with Gasteiger partial charge in [-0.2, -0.15) is 5.26 Å². The van der Waals surface area contributed by atoms with Gasteiger partial charge in [0.1, 0.15) is 29.5 Å². The molecule has 2 amide bonds. The van der Waals surface area contributed by atoms with Crippen LogP contribution in [0.1, 0.15) is 19.4 Å². The average Bonchev–Trinajstić information content (AvgIpc) is 3.03. The van der Waals surface area contributed by atoms with E-state index >= 15 is 0 Å². The molecule has 3 N–H and O–H groups in total. The number of ether oxygens (including phenoxy) is 2. The van der Waals surface area contributed by atoms with Crippen molar-refractivity contribution in [3.05, 3.63) is 81.9 Å². The quantitative estimate of drug-likeness (QED) is 0.612. The lowest BCUT2D eigenvalue weighted by atomic mass is 9.68. The van der Waals surface area contributed by atoms with Crippen molar-refractivity contribution in [1.29, 1.82) is 5.26 Å². The molecule has 4 rings (SSSR count). The molecule has 2 heterocycles. The van der Waals surface area contributed by atoms with Crippen molar-refractivity contribution in [3.63, 3.8) is 0 Å². The van der Waals surface area contributed by atoms with E-state index in [1.165, 1.54) is 11.8 Å². The molecule has 35 heavy (non-hydrogen) atoms. The lowest BCUT2D eigenvalue weighted by molar-refractivity contribution is -0.141. The van der Waals surface area contributed by atoms with Crippen LogP contribution in [0.3, 0.4) is 0 Å². The van der Waals surface area contributed by atoms with Crippen LogP contribution < -0.4 is 16.0 Å². The fraction of sp³-hybridized carbons (Fsp3) is 0.200. The topological polar surface area (TPSA) is 135 Å². The first-order valence-corrected chi connectivity index (χ1v) is 11.1. The molecule has 1 spiro atoms. The Labute approximate surface area is 206 Å². The van der Waals surface area contributed by atoms with E-state index in [1.807, 2.05) is 6.07 Å². The number of anilines is 2. The molecular weight excluding hydrogens is 472 g/mol. The summed E-state index contributed by atoms with van der Waals surface area (Å²) in [6.45, 7) is 2.74. The number of rotatable bonds is 5. The average molecular weight is 493 g/mol. The number of para-hydroxylation sites is 1. The molecule has 0 saturated carbocycles. The fourth-order valence-corrected chi connectivity index (χ4v) is 4.67. The number of carbonyl (C=O) groups excluding carboxylic acids is 3. The van der Waals surface area contributed by atoms with Crippen LogP contribution in [0.5, 0.6) is 0 Å². The maximum Gasteiger partial charge on any atom is 0.339 e. The third-order valence-corrected chi connectivity index (χ3v) is 6.01. The van der Waals surface area contributed by atoms with Crippen molar-refractivity contribution < 1.29 is 23.9 Å². The summed E-state index contributed by atoms with van der Waals surface area (Å²) in [6, 6.07) is 15.1. The Hall–Kier alpha value is -4.29. The molecular formula is C25H21ClN4O5. The fourth-order valence-electron chi connectivity index (χ4n) is 4.48. The highest BCUT2D eigenvalue weighted by Gasteiger charge is 2.62. The highest BCUT2D eigenvalue weighted by Crippen LogP contribution is 2.54. The molecule has 2 aromatic rings. The van der Waals surface area contributed by atoms with Crippen molar-refractivity contribution >= 4 is 40.8 Å². The van der Waals surface area contributed by atoms with Crippen molar-refractivity contribution in [1.82, 2.24) is 0 Å². The van der Waals surface area contributed by atoms with E-state index in [-0.39, 0.29) is 29.4 Å². The molecule has 2 aromatic carbocycles. The van der Waals surface area contributed by atoms with Crippen molar-refractivity contribution in [2.45, 2.75) is 19.3 Å². The minimum atomic E-state index is -1.92. The second-order valence-electron chi connectivity index (χ2n) is 7.82. The van der Waals surface area contributed by atoms with Crippen molar-refractivity contribution in [3.8, 4) is 6.07 Å². The number of nitrogens with two attached hydrogens (primary N) is 1. The van der Waals surface area contributed by atoms with Gasteiger partial charge < -0.3 is 25.4 Å². The molecule has 0 radical (unpaired) electrons. The van der Waals surface area contributed by atoms with Crippen LogP contribution in [0.15, 0.2) is 71.3 Å². The maximum atomic E-state index is 14.1. The molecule has 1 atom stereocenters. The van der Waals surface area contributed by atoms with Gasteiger partial charge in [0.2, 0.25) is 17.7 Å². The van der Waals surface area contributed by atoms with Crippen LogP contribution in [0.2, 0.25) is 5.02 Å². The number of hydrogen-bond acceptors (Lipinski definition) is 7. The monoisotopic (exact) mass is 492 g/mol. The zero-order chi connectivity index (χ0) is 25.3. The Morgan fingerprint density at radius 2 is 2.00 bits per heavy atom. The summed E-state index contributed by atoms with van der Waals surface area (Å²) in [4.78, 5) is 41.4. The molecule has 0 aromatic heterocycles. The Kier molecular flexibility index (Phi) is 6.24. The largest absolute Gasteiger partial charge is 0.462 e. The summed E-state index contributed by atoms with van der Waals surface area (Å²) in [5.41, 5.74) is 4.86. The van der Waals surface area contributed by atoms with E-state index in [9.17, 15) is 19.6 Å². The van der Waals surface area contributed by atoms with Crippen molar-refractivity contribution in [2.75, 3.05) is 23.4 Å². The predicted molar refractivity (Wildman–Crippen MR) is 128 cm³/mol. The van der Waals surface area contributed by atoms with Crippen LogP contribution in [0.25, 0.3) is 0 Å². The van der Waals surface area contributed by atoms with E-state index in [1.54, 1.807) is 55.5 Å². The molecule has 0 aliphatic carbocycles. The summed E-state index contributed by atoms with van der Waals surface area (Å²) in [5.74, 6) is -2.28. The Bertz CT molecular complexity index is 1360. The molecule has 9 nitrogen and oxygen atoms in total. The van der Waals surface area contributed by atoms with E-state index < -0.39 is 29.7 Å². The van der Waals surface area contributed by atoms with Crippen LogP contribution >= 0.6 is 11.6 Å². The lowest BCUT2D eigenvalue weighted by Crippen LogP contribution is -2.49. The number of allylic oxidation sites excluding steroid dienone is 1. The number of esters is 1. The van der Waals surface area contributed by atoms with Gasteiger partial charge in [-0.3, -0.25) is 9.59 Å². The van der Waals surface area contributed by atoms with E-state index in [2.05, 4.69) is 5.32 Å². The minimum Gasteiger partial charge on any atom is -0.462 e. The molecule has 0 bridgehead atoms. The standard InChI is InChI=1S/C25H21ClN4O5/c1-3-34-23(32)21-14(2)35-22(28)18(12-27)25(21)17-9-4-5-10-19(17)30(24(25)33)13-20(31)29-16-8-6-7-15(26)11-16/h4-11H,3,13,28H2,1-2H3,(H,29,31)/t25-/m1/s1. The summed E-state index contributed by atoms with van der Waals surface area (Å²) >= 11 is 5.99. The summed E-state index contributed by atoms with van der Waals surface area (Å²) in [6.07, 6.45) is 0. The van der Waals surface area contributed by atoms with Gasteiger partial charge in [-0.05, 0) is 38.1 Å². The van der Waals surface area contributed by atoms with E-state index in [0.717, 1.165) is 0 Å². The van der Waals surface area contributed by atoms with Gasteiger partial charge in [0.15, 0.2) is 5.41 Å². The van der Waals surface area contributed by atoms with Crippen LogP contribution in [0, 0.1) is 11.3 Å². The van der Waals surface area contributed by atoms with Crippen molar-refractivity contribution in [2.24, 2.45) is 5.73 Å². The normalized spacial score (nSPS) is 18.8. The molecule has 0 fully saturated rings. The number of amides is 2. The number of fused-ring (bicyclic) bond motifs is 2. The Balaban J connectivity index is 1.84. The van der Waals surface area contributed by atoms with Gasteiger partial charge >= 0.3 is 5.97 Å². The summed E-state index contributed by atoms with van der Waals surface area (Å²) < 4.78 is 10.7. The Morgan fingerprint density at radius 3 is 2.69 bits per heavy atom. The smallest absolute Gasteiger partial charge is 0.339 e. The number of benzene rings is 2. The zero-order valence-corrected chi connectivity index (χ0v) is 19.7. The third kappa shape index (κ3) is 3.78. The Morgan fingerprint density at radius 1 is 1.26 bits per heavy atom. The highest BCUT2D eigenvalue weighted by atomic mass is 35.5. The molecule has 2 aliphatic heterocycles. The van der Waals surface area contributed by atoms with E-state index in [0.29, 0.717) is 22.0 Å². The number of nitriles is 1.